The second-order valence-corrected chi connectivity index (χ2v) is 6.15. The van der Waals surface area contributed by atoms with Crippen LogP contribution in [0.3, 0.4) is 0 Å². The van der Waals surface area contributed by atoms with Crippen molar-refractivity contribution < 1.29 is 27.4 Å². The van der Waals surface area contributed by atoms with E-state index in [4.69, 9.17) is 9.47 Å². The molecule has 1 heterocycles. The van der Waals surface area contributed by atoms with Crippen molar-refractivity contribution in [3.05, 3.63) is 29.6 Å². The molecular formula is C18H27F3IN3O3. The van der Waals surface area contributed by atoms with Crippen LogP contribution < -0.4 is 15.4 Å². The summed E-state index contributed by atoms with van der Waals surface area (Å²) in [5.74, 6) is -0.435. The Bertz CT molecular complexity index is 617. The van der Waals surface area contributed by atoms with Crippen LogP contribution in [-0.2, 0) is 16.0 Å². The fourth-order valence-electron chi connectivity index (χ4n) is 2.58. The Kier molecular flexibility index (Phi) is 11.5. The van der Waals surface area contributed by atoms with Crippen LogP contribution in [0.15, 0.2) is 23.2 Å². The van der Waals surface area contributed by atoms with Gasteiger partial charge in [0, 0.05) is 19.2 Å². The molecule has 0 saturated carbocycles. The number of nitrogens with zero attached hydrogens (tertiary/aromatic N) is 1. The van der Waals surface area contributed by atoms with Crippen molar-refractivity contribution in [2.45, 2.75) is 45.6 Å². The van der Waals surface area contributed by atoms with Crippen LogP contribution in [0.1, 0.15) is 25.8 Å². The van der Waals surface area contributed by atoms with Crippen LogP contribution in [0.5, 0.6) is 5.75 Å². The van der Waals surface area contributed by atoms with E-state index < -0.39 is 12.4 Å². The van der Waals surface area contributed by atoms with Crippen molar-refractivity contribution in [1.82, 2.24) is 10.6 Å². The van der Waals surface area contributed by atoms with Crippen LogP contribution >= 0.6 is 24.0 Å². The molecule has 2 N–H and O–H groups in total. The van der Waals surface area contributed by atoms with Gasteiger partial charge in [-0.1, -0.05) is 6.07 Å². The number of halogens is 4. The van der Waals surface area contributed by atoms with Crippen molar-refractivity contribution >= 4 is 29.9 Å². The van der Waals surface area contributed by atoms with Gasteiger partial charge >= 0.3 is 6.61 Å². The van der Waals surface area contributed by atoms with E-state index in [9.17, 15) is 13.2 Å². The van der Waals surface area contributed by atoms with Gasteiger partial charge in [0.1, 0.15) is 11.6 Å². The average molecular weight is 517 g/mol. The standard InChI is InChI=1S/C18H26F3N3O3.HI/c1-3-22-18(24-12(2)10-26-13-7-8-25-11-13)23-9-14-15(19)5-4-6-16(14)27-17(20)21;/h4-6,12-13,17H,3,7-11H2,1-2H3,(H2,22,23,24);1H. The number of nitrogens with one attached hydrogen (secondary N) is 2. The Labute approximate surface area is 180 Å². The Hall–Kier alpha value is -1.27. The number of aliphatic imine (C=N–C) groups is 1. The summed E-state index contributed by atoms with van der Waals surface area (Å²) >= 11 is 0. The third-order valence-electron chi connectivity index (χ3n) is 3.88. The lowest BCUT2D eigenvalue weighted by Crippen LogP contribution is -2.44. The summed E-state index contributed by atoms with van der Waals surface area (Å²) in [7, 11) is 0. The number of rotatable bonds is 9. The summed E-state index contributed by atoms with van der Waals surface area (Å²) in [6, 6.07) is 3.74. The first-order valence-electron chi connectivity index (χ1n) is 8.96. The second-order valence-electron chi connectivity index (χ2n) is 6.15. The van der Waals surface area contributed by atoms with E-state index in [1.807, 2.05) is 13.8 Å². The van der Waals surface area contributed by atoms with Crippen LogP contribution in [0.25, 0.3) is 0 Å². The largest absolute Gasteiger partial charge is 0.434 e. The first-order chi connectivity index (χ1) is 13.0. The van der Waals surface area contributed by atoms with Crippen LogP contribution in [-0.4, -0.2) is 51.1 Å². The third-order valence-corrected chi connectivity index (χ3v) is 3.88. The number of hydrogen-bond donors (Lipinski definition) is 2. The number of hydrogen-bond acceptors (Lipinski definition) is 4. The van der Waals surface area contributed by atoms with E-state index in [1.165, 1.54) is 18.2 Å². The van der Waals surface area contributed by atoms with E-state index in [2.05, 4.69) is 20.4 Å². The van der Waals surface area contributed by atoms with Gasteiger partial charge in [-0.25, -0.2) is 9.38 Å². The monoisotopic (exact) mass is 517 g/mol. The fourth-order valence-corrected chi connectivity index (χ4v) is 2.58. The van der Waals surface area contributed by atoms with Crippen LogP contribution in [0, 0.1) is 5.82 Å². The molecule has 160 valence electrons. The Morgan fingerprint density at radius 1 is 1.39 bits per heavy atom. The summed E-state index contributed by atoms with van der Waals surface area (Å²) in [4.78, 5) is 4.28. The van der Waals surface area contributed by atoms with Gasteiger partial charge in [-0.15, -0.1) is 24.0 Å². The second kappa shape index (κ2) is 13.0. The molecule has 0 bridgehead atoms. The minimum absolute atomic E-state index is 0. The minimum Gasteiger partial charge on any atom is -0.434 e. The minimum atomic E-state index is -3.03. The van der Waals surface area contributed by atoms with Crippen molar-refractivity contribution in [1.29, 1.82) is 0 Å². The average Bonchev–Trinajstić information content (AvgIpc) is 3.12. The topological polar surface area (TPSA) is 64.1 Å². The molecule has 1 aromatic rings. The maximum Gasteiger partial charge on any atom is 0.387 e. The van der Waals surface area contributed by atoms with E-state index in [1.54, 1.807) is 0 Å². The van der Waals surface area contributed by atoms with Crippen LogP contribution in [0.2, 0.25) is 0 Å². The van der Waals surface area contributed by atoms with E-state index in [0.717, 1.165) is 6.42 Å². The predicted octanol–water partition coefficient (Wildman–Crippen LogP) is 3.29. The smallest absolute Gasteiger partial charge is 0.387 e. The van der Waals surface area contributed by atoms with Gasteiger partial charge in [-0.05, 0) is 32.4 Å². The molecule has 1 saturated heterocycles. The Morgan fingerprint density at radius 3 is 2.82 bits per heavy atom. The highest BCUT2D eigenvalue weighted by atomic mass is 127. The molecule has 6 nitrogen and oxygen atoms in total. The van der Waals surface area contributed by atoms with Crippen molar-refractivity contribution in [3.8, 4) is 5.75 Å². The lowest BCUT2D eigenvalue weighted by atomic mass is 10.2. The third kappa shape index (κ3) is 8.39. The summed E-state index contributed by atoms with van der Waals surface area (Å²) in [5.41, 5.74) is -0.0259. The molecule has 1 fully saturated rings. The lowest BCUT2D eigenvalue weighted by Gasteiger charge is -2.20. The normalized spacial score (nSPS) is 17.9. The molecule has 2 unspecified atom stereocenters. The molecule has 0 spiro atoms. The maximum atomic E-state index is 14.0. The lowest BCUT2D eigenvalue weighted by molar-refractivity contribution is -0.0506. The summed E-state index contributed by atoms with van der Waals surface area (Å²) < 4.78 is 54.4. The predicted molar refractivity (Wildman–Crippen MR) is 111 cm³/mol. The molecule has 1 aliphatic rings. The molecule has 0 aliphatic carbocycles. The number of guanidine groups is 1. The molecule has 28 heavy (non-hydrogen) atoms. The molecule has 1 aliphatic heterocycles. The summed E-state index contributed by atoms with van der Waals surface area (Å²) in [6.45, 7) is 3.00. The molecule has 2 atom stereocenters. The van der Waals surface area contributed by atoms with Crippen molar-refractivity contribution in [2.24, 2.45) is 4.99 Å². The van der Waals surface area contributed by atoms with E-state index in [-0.39, 0.29) is 54.0 Å². The number of ether oxygens (including phenoxy) is 3. The highest BCUT2D eigenvalue weighted by molar-refractivity contribution is 14.0. The maximum absolute atomic E-state index is 14.0. The summed E-state index contributed by atoms with van der Waals surface area (Å²) in [6.07, 6.45) is 0.974. The highest BCUT2D eigenvalue weighted by Gasteiger charge is 2.18. The van der Waals surface area contributed by atoms with Gasteiger partial charge in [0.15, 0.2) is 5.96 Å². The van der Waals surface area contributed by atoms with Gasteiger partial charge in [0.2, 0.25) is 0 Å². The van der Waals surface area contributed by atoms with Crippen LogP contribution in [0.4, 0.5) is 13.2 Å². The molecule has 1 aromatic carbocycles. The van der Waals surface area contributed by atoms with E-state index in [0.29, 0.717) is 32.3 Å². The van der Waals surface area contributed by atoms with Crippen molar-refractivity contribution in [3.63, 3.8) is 0 Å². The number of benzene rings is 1. The van der Waals surface area contributed by atoms with Gasteiger partial charge in [0.05, 0.1) is 31.4 Å². The molecule has 0 aromatic heterocycles. The zero-order valence-corrected chi connectivity index (χ0v) is 18.3. The number of alkyl halides is 2. The quantitative estimate of drug-likeness (QED) is 0.299. The van der Waals surface area contributed by atoms with Gasteiger partial charge in [0.25, 0.3) is 0 Å². The molecule has 0 amide bonds. The summed E-state index contributed by atoms with van der Waals surface area (Å²) in [5, 5.41) is 6.19. The van der Waals surface area contributed by atoms with Gasteiger partial charge < -0.3 is 24.8 Å². The van der Waals surface area contributed by atoms with Gasteiger partial charge in [-0.2, -0.15) is 8.78 Å². The SMILES string of the molecule is CCNC(=NCc1c(F)cccc1OC(F)F)NC(C)COC1CCOC1.I. The highest BCUT2D eigenvalue weighted by Crippen LogP contribution is 2.24. The fraction of sp³-hybridized carbons (Fsp3) is 0.611. The molecule has 0 radical (unpaired) electrons. The Morgan fingerprint density at radius 2 is 2.18 bits per heavy atom. The molecular weight excluding hydrogens is 490 g/mol. The molecule has 10 heteroatoms. The first-order valence-corrected chi connectivity index (χ1v) is 8.96. The zero-order chi connectivity index (χ0) is 19.6. The zero-order valence-electron chi connectivity index (χ0n) is 15.9. The Balaban J connectivity index is 0.00000392. The van der Waals surface area contributed by atoms with E-state index >= 15 is 0 Å². The molecule has 2 rings (SSSR count). The van der Waals surface area contributed by atoms with Crippen molar-refractivity contribution in [2.75, 3.05) is 26.4 Å². The first kappa shape index (κ1) is 24.8. The van der Waals surface area contributed by atoms with Gasteiger partial charge in [-0.3, -0.25) is 0 Å².